The number of nitrogens with two attached hydrogens (primary N) is 7. The van der Waals surface area contributed by atoms with E-state index in [1.165, 1.54) is 10.8 Å². The van der Waals surface area contributed by atoms with E-state index in [0.29, 0.717) is 18.4 Å². The monoisotopic (exact) mass is 1430 g/mol. The van der Waals surface area contributed by atoms with E-state index < -0.39 is 169 Å². The van der Waals surface area contributed by atoms with Crippen molar-refractivity contribution in [3.63, 3.8) is 0 Å². The number of carbonyl (C=O) groups excluding carboxylic acids is 12. The Morgan fingerprint density at radius 3 is 1.43 bits per heavy atom. The number of hydrogen-bond donors (Lipinski definition) is 19. The Morgan fingerprint density at radius 2 is 0.949 bits per heavy atom. The van der Waals surface area contributed by atoms with Crippen molar-refractivity contribution in [1.29, 1.82) is 0 Å². The van der Waals surface area contributed by atoms with Crippen molar-refractivity contribution in [3.05, 3.63) is 35.9 Å². The number of nitrogens with zero attached hydrogens (tertiary/aromatic N) is 3. The number of carboxylic acid groups (broad SMARTS) is 1. The van der Waals surface area contributed by atoms with E-state index in [4.69, 9.17) is 40.1 Å². The van der Waals surface area contributed by atoms with Crippen LogP contribution >= 0.6 is 21.6 Å². The number of nitrogens with one attached hydrogen (secondary N) is 11. The Hall–Kier alpha value is -9.16. The Kier molecular flexibility index (Phi) is 38.6. The number of rotatable bonds is 23. The zero-order valence-corrected chi connectivity index (χ0v) is 58.4. The van der Waals surface area contributed by atoms with Gasteiger partial charge in [-0.3, -0.25) is 77.3 Å². The molecule has 2 aliphatic rings. The molecule has 552 valence electrons. The number of carboxylic acids is 1. The van der Waals surface area contributed by atoms with Crippen molar-refractivity contribution < 1.29 is 67.4 Å². The standard InChI is InChI=1S/C62H103N21O14S2/c1-5-34(3)48-58(96)78-41(23-24-47(87)88)53(91)76-40(22-15-28-72-62(68)69)55(93)83-49(35(4)6-2)59(97)79-42(30-36-16-9-7-10-17-36)56(94)77-39(21-14-27-71-61(66)67)52(90)80-43(51(63)89)33-99-98-29-25-44(84)81-50(37-18-11-8-12-19-37)57(95)74-31-45(85)73-32-46(86)75-38(54(92)82-48)20-13-26-70-60(64)65/h7,9-10,16-17,34-35,37-43,48-50H,5-6,8,11-15,18-33H2,1-4H3,(H2,63,89)(H,73,85)(H,74,95)(H,75,86)(H,76,91)(H,77,94)(H,78,96)(H,79,97)(H,80,90)(H,81,84)(H,82,92)(H,83,93)(H,87,88)(H4,64,65,70)(H4,66,67,71)(H4,68,69,72)/t34-,35-,38+,39+,40-,41+,42-,43+,48-,49+,50+/m0/s1. The van der Waals surface area contributed by atoms with Crippen molar-refractivity contribution in [1.82, 2.24) is 58.5 Å². The van der Waals surface area contributed by atoms with E-state index in [1.807, 2.05) is 0 Å². The molecule has 12 amide bonds. The molecular formula is C62H103N21O14S2. The largest absolute Gasteiger partial charge is 0.481 e. The number of aliphatic imine (C=N–C) groups is 3. The van der Waals surface area contributed by atoms with Gasteiger partial charge in [0.15, 0.2) is 17.9 Å². The fourth-order valence-electron chi connectivity index (χ4n) is 10.5. The predicted molar refractivity (Wildman–Crippen MR) is 374 cm³/mol. The number of primary amides is 1. The van der Waals surface area contributed by atoms with Gasteiger partial charge in [0.25, 0.3) is 0 Å². The topological polar surface area (TPSA) is 594 Å². The second kappa shape index (κ2) is 45.4. The van der Waals surface area contributed by atoms with E-state index in [0.717, 1.165) is 30.1 Å². The smallest absolute Gasteiger partial charge is 0.303 e. The molecule has 0 spiro atoms. The van der Waals surface area contributed by atoms with Crippen molar-refractivity contribution >= 4 is 116 Å². The molecule has 3 rings (SSSR count). The van der Waals surface area contributed by atoms with Crippen molar-refractivity contribution in [2.75, 3.05) is 44.2 Å². The summed E-state index contributed by atoms with van der Waals surface area (Å²) in [6.07, 6.45) is 2.62. The highest BCUT2D eigenvalue weighted by atomic mass is 33.1. The summed E-state index contributed by atoms with van der Waals surface area (Å²) in [6, 6.07) is -4.22. The quantitative estimate of drug-likeness (QED) is 0.0214. The van der Waals surface area contributed by atoms with Crippen LogP contribution in [0.2, 0.25) is 0 Å². The summed E-state index contributed by atoms with van der Waals surface area (Å²) >= 11 is 0. The summed E-state index contributed by atoms with van der Waals surface area (Å²) in [5.41, 5.74) is 39.7. The summed E-state index contributed by atoms with van der Waals surface area (Å²) in [4.78, 5) is 193. The first-order valence-electron chi connectivity index (χ1n) is 33.2. The number of guanidine groups is 3. The lowest BCUT2D eigenvalue weighted by Gasteiger charge is -2.30. The first-order valence-corrected chi connectivity index (χ1v) is 35.7. The molecule has 1 saturated carbocycles. The average molecular weight is 1430 g/mol. The molecule has 11 atom stereocenters. The lowest BCUT2D eigenvalue weighted by molar-refractivity contribution is -0.139. The molecule has 0 aromatic heterocycles. The van der Waals surface area contributed by atoms with Gasteiger partial charge >= 0.3 is 5.97 Å². The molecule has 1 aromatic rings. The van der Waals surface area contributed by atoms with E-state index in [9.17, 15) is 67.4 Å². The molecule has 99 heavy (non-hydrogen) atoms. The normalized spacial score (nSPS) is 24.1. The maximum Gasteiger partial charge on any atom is 0.303 e. The molecule has 0 unspecified atom stereocenters. The van der Waals surface area contributed by atoms with Crippen LogP contribution in [-0.4, -0.2) is 198 Å². The average Bonchev–Trinajstić information content (AvgIpc) is 0.869. The fraction of sp³-hybridized carbons (Fsp3) is 0.645. The van der Waals surface area contributed by atoms with Gasteiger partial charge in [-0.15, -0.1) is 0 Å². The first-order chi connectivity index (χ1) is 47.0. The maximum absolute atomic E-state index is 14.8. The molecule has 35 nitrogen and oxygen atoms in total. The molecule has 1 heterocycles. The van der Waals surface area contributed by atoms with Gasteiger partial charge in [-0.1, -0.05) is 112 Å². The predicted octanol–water partition coefficient (Wildman–Crippen LogP) is -4.21. The Labute approximate surface area is 584 Å². The molecule has 1 aliphatic heterocycles. The van der Waals surface area contributed by atoms with Gasteiger partial charge < -0.3 is 104 Å². The number of hydrogen-bond acceptors (Lipinski definition) is 18. The molecule has 0 bridgehead atoms. The van der Waals surface area contributed by atoms with E-state index in [2.05, 4.69) is 73.5 Å². The molecular weight excluding hydrogens is 1330 g/mol. The molecule has 26 N–H and O–H groups in total. The van der Waals surface area contributed by atoms with Crippen LogP contribution in [0.5, 0.6) is 0 Å². The highest BCUT2D eigenvalue weighted by molar-refractivity contribution is 8.76. The van der Waals surface area contributed by atoms with Crippen molar-refractivity contribution in [3.8, 4) is 0 Å². The summed E-state index contributed by atoms with van der Waals surface area (Å²) in [5, 5.41) is 38.7. The Bertz CT molecular complexity index is 2970. The molecule has 1 saturated heterocycles. The molecule has 0 radical (unpaired) electrons. The van der Waals surface area contributed by atoms with Crippen LogP contribution in [0.4, 0.5) is 0 Å². The van der Waals surface area contributed by atoms with Crippen molar-refractivity contribution in [2.45, 2.75) is 191 Å². The summed E-state index contributed by atoms with van der Waals surface area (Å²) in [5.74, 6) is -13.9. The second-order valence-corrected chi connectivity index (χ2v) is 27.0. The van der Waals surface area contributed by atoms with Crippen LogP contribution in [-0.2, 0) is 68.7 Å². The zero-order valence-electron chi connectivity index (χ0n) is 56.7. The Balaban J connectivity index is 2.19. The summed E-state index contributed by atoms with van der Waals surface area (Å²) in [6.45, 7) is 5.36. The first kappa shape index (κ1) is 84.1. The maximum atomic E-state index is 14.8. The van der Waals surface area contributed by atoms with E-state index >= 15 is 0 Å². The van der Waals surface area contributed by atoms with E-state index in [1.54, 1.807) is 58.0 Å². The van der Waals surface area contributed by atoms with Crippen LogP contribution in [0.3, 0.4) is 0 Å². The number of benzene rings is 1. The van der Waals surface area contributed by atoms with E-state index in [-0.39, 0.29) is 119 Å². The van der Waals surface area contributed by atoms with Gasteiger partial charge in [-0.05, 0) is 81.1 Å². The third-order valence-electron chi connectivity index (χ3n) is 16.5. The van der Waals surface area contributed by atoms with Crippen LogP contribution < -0.4 is 98.6 Å². The van der Waals surface area contributed by atoms with Gasteiger partial charge in [-0.25, -0.2) is 0 Å². The summed E-state index contributed by atoms with van der Waals surface area (Å²) < 4.78 is 0. The van der Waals surface area contributed by atoms with Gasteiger partial charge in [-0.2, -0.15) is 0 Å². The van der Waals surface area contributed by atoms with Gasteiger partial charge in [0.05, 0.1) is 13.1 Å². The van der Waals surface area contributed by atoms with Gasteiger partial charge in [0.2, 0.25) is 70.9 Å². The molecule has 1 aromatic carbocycles. The van der Waals surface area contributed by atoms with Gasteiger partial charge in [0, 0.05) is 50.4 Å². The highest BCUT2D eigenvalue weighted by Gasteiger charge is 2.38. The SMILES string of the molecule is CC[C@H](C)[C@@H]1NC(=O)[C@@H](CCCN=C(N)N)NC(=O)CNC(=O)CNC(=O)[C@@H](C2CCCCC2)NC(=O)CCSSC[C@H](C(N)=O)NC(=O)[C@@H](CCCN=C(N)N)NC(=O)[C@H](Cc2ccccc2)NC(=O)[C@@H]([C@@H](C)CC)NC(=O)[C@H](CCCN=C(N)N)NC(=O)[C@@H](CCC(=O)O)NC1=O. The fourth-order valence-corrected chi connectivity index (χ4v) is 12.7. The molecule has 1 aliphatic carbocycles. The number of aliphatic carboxylic acids is 1. The highest BCUT2D eigenvalue weighted by Crippen LogP contribution is 2.28. The van der Waals surface area contributed by atoms with Crippen LogP contribution in [0.25, 0.3) is 0 Å². The van der Waals surface area contributed by atoms with Crippen LogP contribution in [0, 0.1) is 17.8 Å². The van der Waals surface area contributed by atoms with Gasteiger partial charge in [0.1, 0.15) is 54.4 Å². The molecule has 2 fully saturated rings. The number of carbonyl (C=O) groups is 13. The minimum absolute atomic E-state index is 0.00729. The lowest BCUT2D eigenvalue weighted by Crippen LogP contribution is -2.61. The zero-order chi connectivity index (χ0) is 73.6. The number of amides is 12. The minimum atomic E-state index is -1.70. The van der Waals surface area contributed by atoms with Crippen molar-refractivity contribution in [2.24, 2.45) is 72.9 Å². The second-order valence-electron chi connectivity index (χ2n) is 24.3. The summed E-state index contributed by atoms with van der Waals surface area (Å²) in [7, 11) is 2.28. The Morgan fingerprint density at radius 1 is 0.505 bits per heavy atom. The third kappa shape index (κ3) is 32.8. The molecule has 37 heteroatoms. The third-order valence-corrected chi connectivity index (χ3v) is 18.9. The minimum Gasteiger partial charge on any atom is -0.481 e. The van der Waals surface area contributed by atoms with Crippen LogP contribution in [0.1, 0.15) is 136 Å². The van der Waals surface area contributed by atoms with Crippen LogP contribution in [0.15, 0.2) is 45.3 Å². The lowest BCUT2D eigenvalue weighted by atomic mass is 9.83.